The molecule has 0 bridgehead atoms. The van der Waals surface area contributed by atoms with E-state index in [2.05, 4.69) is 0 Å². The van der Waals surface area contributed by atoms with Gasteiger partial charge in [0.15, 0.2) is 6.61 Å². The Balaban J connectivity index is 1.55. The summed E-state index contributed by atoms with van der Waals surface area (Å²) >= 11 is 0. The fourth-order valence-corrected chi connectivity index (χ4v) is 4.79. The van der Waals surface area contributed by atoms with Gasteiger partial charge in [0.1, 0.15) is 5.75 Å². The molecule has 150 valence electrons. The third-order valence-corrected chi connectivity index (χ3v) is 6.92. The quantitative estimate of drug-likeness (QED) is 0.760. The first-order chi connectivity index (χ1) is 13.1. The summed E-state index contributed by atoms with van der Waals surface area (Å²) in [6, 6.07) is 6.27. The SMILES string of the molecule is O=C(COc1ccc(S(=O)(=O)N2CCOCC2)cc1)N1CCCCCCC1. The third-order valence-electron chi connectivity index (χ3n) is 5.00. The van der Waals surface area contributed by atoms with E-state index in [1.165, 1.54) is 35.7 Å². The standard InChI is InChI=1S/C19H28N2O5S/c22-19(20-10-4-2-1-3-5-11-20)16-26-17-6-8-18(9-7-17)27(23,24)21-12-14-25-15-13-21/h6-9H,1-5,10-16H2. The maximum Gasteiger partial charge on any atom is 0.260 e. The number of likely N-dealkylation sites (tertiary alicyclic amines) is 1. The maximum atomic E-state index is 12.6. The van der Waals surface area contributed by atoms with Gasteiger partial charge in [-0.05, 0) is 37.1 Å². The molecule has 1 amide bonds. The van der Waals surface area contributed by atoms with Crippen molar-refractivity contribution in [3.05, 3.63) is 24.3 Å². The molecule has 2 fully saturated rings. The van der Waals surface area contributed by atoms with Crippen LogP contribution in [0, 0.1) is 0 Å². The second-order valence-corrected chi connectivity index (χ2v) is 8.86. The number of rotatable bonds is 5. The monoisotopic (exact) mass is 396 g/mol. The molecule has 0 aromatic heterocycles. The Morgan fingerprint density at radius 3 is 2.15 bits per heavy atom. The molecule has 2 aliphatic rings. The van der Waals surface area contributed by atoms with Crippen molar-refractivity contribution in [2.75, 3.05) is 46.0 Å². The molecule has 2 aliphatic heterocycles. The first-order valence-electron chi connectivity index (χ1n) is 9.66. The number of amides is 1. The smallest absolute Gasteiger partial charge is 0.260 e. The molecule has 1 aromatic carbocycles. The molecule has 27 heavy (non-hydrogen) atoms. The van der Waals surface area contributed by atoms with Crippen LogP contribution in [0.5, 0.6) is 5.75 Å². The molecular formula is C19H28N2O5S. The predicted molar refractivity (Wildman–Crippen MR) is 101 cm³/mol. The zero-order chi connectivity index (χ0) is 19.1. The number of carbonyl (C=O) groups is 1. The Morgan fingerprint density at radius 2 is 1.52 bits per heavy atom. The van der Waals surface area contributed by atoms with Crippen LogP contribution >= 0.6 is 0 Å². The van der Waals surface area contributed by atoms with Gasteiger partial charge in [-0.3, -0.25) is 4.79 Å². The number of nitrogens with zero attached hydrogens (tertiary/aromatic N) is 2. The summed E-state index contributed by atoms with van der Waals surface area (Å²) < 4.78 is 37.4. The summed E-state index contributed by atoms with van der Waals surface area (Å²) in [6.07, 6.45) is 5.67. The molecule has 2 heterocycles. The lowest BCUT2D eigenvalue weighted by atomic mass is 10.1. The summed E-state index contributed by atoms with van der Waals surface area (Å²) in [7, 11) is -3.51. The van der Waals surface area contributed by atoms with E-state index in [4.69, 9.17) is 9.47 Å². The van der Waals surface area contributed by atoms with Gasteiger partial charge in [-0.1, -0.05) is 19.3 Å². The molecule has 2 saturated heterocycles. The van der Waals surface area contributed by atoms with Crippen molar-refractivity contribution in [3.8, 4) is 5.75 Å². The van der Waals surface area contributed by atoms with Crippen LogP contribution in [-0.2, 0) is 19.6 Å². The van der Waals surface area contributed by atoms with Gasteiger partial charge >= 0.3 is 0 Å². The van der Waals surface area contributed by atoms with E-state index in [9.17, 15) is 13.2 Å². The third kappa shape index (κ3) is 5.43. The zero-order valence-corrected chi connectivity index (χ0v) is 16.5. The number of carbonyl (C=O) groups excluding carboxylic acids is 1. The Hall–Kier alpha value is -1.64. The highest BCUT2D eigenvalue weighted by Crippen LogP contribution is 2.20. The first kappa shape index (κ1) is 20.1. The van der Waals surface area contributed by atoms with Crippen molar-refractivity contribution in [2.24, 2.45) is 0 Å². The highest BCUT2D eigenvalue weighted by Gasteiger charge is 2.26. The summed E-state index contributed by atoms with van der Waals surface area (Å²) in [6.45, 7) is 3.13. The van der Waals surface area contributed by atoms with Crippen LogP contribution in [0.2, 0.25) is 0 Å². The van der Waals surface area contributed by atoms with E-state index in [0.717, 1.165) is 25.9 Å². The summed E-state index contributed by atoms with van der Waals surface area (Å²) in [5, 5.41) is 0. The molecule has 0 atom stereocenters. The largest absolute Gasteiger partial charge is 0.484 e. The van der Waals surface area contributed by atoms with Crippen LogP contribution in [0.3, 0.4) is 0 Å². The van der Waals surface area contributed by atoms with E-state index in [0.29, 0.717) is 32.1 Å². The van der Waals surface area contributed by atoms with Crippen LogP contribution in [0.1, 0.15) is 32.1 Å². The van der Waals surface area contributed by atoms with Crippen LogP contribution < -0.4 is 4.74 Å². The lowest BCUT2D eigenvalue weighted by Crippen LogP contribution is -2.40. The van der Waals surface area contributed by atoms with Gasteiger partial charge in [-0.15, -0.1) is 0 Å². The Kier molecular flexibility index (Phi) is 7.09. The van der Waals surface area contributed by atoms with Crippen molar-refractivity contribution >= 4 is 15.9 Å². The minimum Gasteiger partial charge on any atom is -0.484 e. The van der Waals surface area contributed by atoms with E-state index in [-0.39, 0.29) is 17.4 Å². The molecule has 0 N–H and O–H groups in total. The maximum absolute atomic E-state index is 12.6. The van der Waals surface area contributed by atoms with E-state index < -0.39 is 10.0 Å². The summed E-state index contributed by atoms with van der Waals surface area (Å²) in [5.74, 6) is 0.484. The fourth-order valence-electron chi connectivity index (χ4n) is 3.38. The normalized spacial score (nSPS) is 19.9. The molecule has 0 radical (unpaired) electrons. The van der Waals surface area contributed by atoms with Crippen molar-refractivity contribution in [1.82, 2.24) is 9.21 Å². The molecular weight excluding hydrogens is 368 g/mol. The number of hydrogen-bond donors (Lipinski definition) is 0. The average Bonchev–Trinajstić information content (AvgIpc) is 2.67. The number of ether oxygens (including phenoxy) is 2. The van der Waals surface area contributed by atoms with Gasteiger partial charge in [0.05, 0.1) is 18.1 Å². The van der Waals surface area contributed by atoms with E-state index >= 15 is 0 Å². The van der Waals surface area contributed by atoms with Crippen molar-refractivity contribution < 1.29 is 22.7 Å². The molecule has 1 aromatic rings. The highest BCUT2D eigenvalue weighted by molar-refractivity contribution is 7.89. The van der Waals surface area contributed by atoms with Crippen molar-refractivity contribution in [1.29, 1.82) is 0 Å². The number of hydrogen-bond acceptors (Lipinski definition) is 5. The van der Waals surface area contributed by atoms with Gasteiger partial charge in [0, 0.05) is 26.2 Å². The molecule has 7 nitrogen and oxygen atoms in total. The first-order valence-corrected chi connectivity index (χ1v) is 11.1. The average molecular weight is 397 g/mol. The van der Waals surface area contributed by atoms with E-state index in [1.54, 1.807) is 12.1 Å². The van der Waals surface area contributed by atoms with Crippen LogP contribution in [0.4, 0.5) is 0 Å². The summed E-state index contributed by atoms with van der Waals surface area (Å²) in [4.78, 5) is 14.5. The molecule has 3 rings (SSSR count). The molecule has 0 aliphatic carbocycles. The molecule has 8 heteroatoms. The minimum absolute atomic E-state index is 0.0121. The zero-order valence-electron chi connectivity index (χ0n) is 15.6. The van der Waals surface area contributed by atoms with Gasteiger partial charge in [-0.2, -0.15) is 4.31 Å². The fraction of sp³-hybridized carbons (Fsp3) is 0.632. The number of morpholine rings is 1. The lowest BCUT2D eigenvalue weighted by molar-refractivity contribution is -0.133. The van der Waals surface area contributed by atoms with Gasteiger partial charge in [0.2, 0.25) is 10.0 Å². The van der Waals surface area contributed by atoms with Crippen LogP contribution in [0.15, 0.2) is 29.2 Å². The van der Waals surface area contributed by atoms with E-state index in [1.807, 2.05) is 4.90 Å². The van der Waals surface area contributed by atoms with Crippen LogP contribution in [0.25, 0.3) is 0 Å². The Labute approximate surface area is 161 Å². The highest BCUT2D eigenvalue weighted by atomic mass is 32.2. The van der Waals surface area contributed by atoms with Gasteiger partial charge in [-0.25, -0.2) is 8.42 Å². The summed E-state index contributed by atoms with van der Waals surface area (Å²) in [5.41, 5.74) is 0. The second-order valence-electron chi connectivity index (χ2n) is 6.93. The second kappa shape index (κ2) is 9.52. The van der Waals surface area contributed by atoms with Crippen molar-refractivity contribution in [2.45, 2.75) is 37.0 Å². The molecule has 0 unspecified atom stereocenters. The minimum atomic E-state index is -3.51. The van der Waals surface area contributed by atoms with Gasteiger partial charge < -0.3 is 14.4 Å². The number of benzene rings is 1. The Bertz CT molecular complexity index is 706. The predicted octanol–water partition coefficient (Wildman–Crippen LogP) is 1.88. The Morgan fingerprint density at radius 1 is 0.926 bits per heavy atom. The molecule has 0 spiro atoms. The topological polar surface area (TPSA) is 76.2 Å². The molecule has 0 saturated carbocycles. The van der Waals surface area contributed by atoms with Gasteiger partial charge in [0.25, 0.3) is 5.91 Å². The number of sulfonamides is 1. The lowest BCUT2D eigenvalue weighted by Gasteiger charge is -2.26. The van der Waals surface area contributed by atoms with Crippen molar-refractivity contribution in [3.63, 3.8) is 0 Å². The van der Waals surface area contributed by atoms with Crippen LogP contribution in [-0.4, -0.2) is 69.5 Å².